The first-order valence-electron chi connectivity index (χ1n) is 2.85. The molecular weight excluding hydrogens is 192 g/mol. The topological polar surface area (TPSA) is 83.8 Å². The summed E-state index contributed by atoms with van der Waals surface area (Å²) in [7, 11) is 0. The third-order valence-corrected chi connectivity index (χ3v) is 1.84. The van der Waals surface area contributed by atoms with Crippen molar-refractivity contribution < 1.29 is 22.3 Å². The van der Waals surface area contributed by atoms with Crippen LogP contribution in [-0.4, -0.2) is 42.2 Å². The molecule has 0 aromatic heterocycles. The lowest BCUT2D eigenvalue weighted by Gasteiger charge is -1.98. The maximum Gasteiger partial charge on any atom is 0.155 e. The summed E-state index contributed by atoms with van der Waals surface area (Å²) in [4.78, 5) is 0. The number of rotatable bonds is 6. The summed E-state index contributed by atoms with van der Waals surface area (Å²) < 4.78 is 41.3. The highest BCUT2D eigenvalue weighted by Gasteiger charge is 1.95. The maximum absolute atomic E-state index is 10.0. The van der Waals surface area contributed by atoms with Gasteiger partial charge in [-0.25, -0.2) is 8.42 Å². The molecule has 0 bridgehead atoms. The van der Waals surface area contributed by atoms with E-state index in [4.69, 9.17) is 13.8 Å². The Morgan fingerprint density at radius 2 is 1.36 bits per heavy atom. The summed E-state index contributed by atoms with van der Waals surface area (Å²) in [6.07, 6.45) is 0. The minimum atomic E-state index is -1.84. The third kappa shape index (κ3) is 10.2. The van der Waals surface area contributed by atoms with Gasteiger partial charge in [-0.1, -0.05) is 0 Å². The molecule has 0 rings (SSSR count). The molecule has 0 heterocycles. The molecule has 0 aliphatic rings. The Morgan fingerprint density at radius 3 is 1.64 bits per heavy atom. The Kier molecular flexibility index (Phi) is 6.98. The zero-order valence-corrected chi connectivity index (χ0v) is 7.40. The van der Waals surface area contributed by atoms with Gasteiger partial charge in [0.05, 0.1) is 24.7 Å². The van der Waals surface area contributed by atoms with Crippen LogP contribution in [0.2, 0.25) is 0 Å². The van der Waals surface area contributed by atoms with Crippen LogP contribution in [0.4, 0.5) is 0 Å². The summed E-state index contributed by atoms with van der Waals surface area (Å²) >= 11 is -3.69. The Balaban J connectivity index is 3.03. The fraction of sp³-hybridized carbons (Fsp3) is 1.00. The molecule has 0 aromatic carbocycles. The largest absolute Gasteiger partial charge is 0.379 e. The van der Waals surface area contributed by atoms with Crippen molar-refractivity contribution in [2.75, 3.05) is 24.7 Å². The van der Waals surface area contributed by atoms with Crippen LogP contribution in [0.3, 0.4) is 0 Å². The lowest BCUT2D eigenvalue weighted by Crippen LogP contribution is -2.10. The first-order valence-corrected chi connectivity index (χ1v) is 5.40. The monoisotopic (exact) mass is 202 g/mol. The van der Waals surface area contributed by atoms with Gasteiger partial charge in [-0.15, -0.1) is 0 Å². The van der Waals surface area contributed by atoms with Crippen LogP contribution in [0, 0.1) is 0 Å². The van der Waals surface area contributed by atoms with Crippen molar-refractivity contribution in [2.45, 2.75) is 0 Å². The molecule has 0 aromatic rings. The van der Waals surface area contributed by atoms with E-state index in [0.29, 0.717) is 0 Å². The molecule has 68 valence electrons. The van der Waals surface area contributed by atoms with Crippen LogP contribution in [0.5, 0.6) is 0 Å². The molecule has 0 saturated carbocycles. The quantitative estimate of drug-likeness (QED) is 0.446. The van der Waals surface area contributed by atoms with Crippen LogP contribution in [0.15, 0.2) is 0 Å². The van der Waals surface area contributed by atoms with E-state index in [9.17, 15) is 8.42 Å². The highest BCUT2D eigenvalue weighted by Crippen LogP contribution is 1.80. The van der Waals surface area contributed by atoms with Crippen molar-refractivity contribution in [3.8, 4) is 0 Å². The van der Waals surface area contributed by atoms with Crippen LogP contribution < -0.4 is 0 Å². The SMILES string of the molecule is O=S(O)CCOCCS(=O)O. The van der Waals surface area contributed by atoms with Crippen molar-refractivity contribution in [1.29, 1.82) is 0 Å². The predicted octanol–water partition coefficient (Wildman–Crippen LogP) is -0.554. The Morgan fingerprint density at radius 1 is 1.00 bits per heavy atom. The van der Waals surface area contributed by atoms with E-state index < -0.39 is 22.2 Å². The molecule has 11 heavy (non-hydrogen) atoms. The lowest BCUT2D eigenvalue weighted by molar-refractivity contribution is 0.164. The lowest BCUT2D eigenvalue weighted by atomic mass is 10.8. The van der Waals surface area contributed by atoms with Gasteiger partial charge in [0.25, 0.3) is 0 Å². The summed E-state index contributed by atoms with van der Waals surface area (Å²) in [5.41, 5.74) is 0. The molecule has 0 aliphatic heterocycles. The van der Waals surface area contributed by atoms with Gasteiger partial charge in [0.2, 0.25) is 0 Å². The average Bonchev–Trinajstić information content (AvgIpc) is 1.85. The summed E-state index contributed by atoms with van der Waals surface area (Å²) in [5.74, 6) is 0.0795. The second-order valence-electron chi connectivity index (χ2n) is 1.66. The van der Waals surface area contributed by atoms with Crippen molar-refractivity contribution >= 4 is 22.2 Å². The molecule has 2 N–H and O–H groups in total. The molecular formula is C4H10O5S2. The molecule has 2 atom stereocenters. The number of hydrogen-bond donors (Lipinski definition) is 2. The molecule has 0 aliphatic carbocycles. The van der Waals surface area contributed by atoms with Crippen molar-refractivity contribution in [2.24, 2.45) is 0 Å². The van der Waals surface area contributed by atoms with Gasteiger partial charge in [0.1, 0.15) is 0 Å². The standard InChI is InChI=1S/C4H10O5S2/c5-10(6)3-1-9-2-4-11(7)8/h1-4H2,(H,5,6)(H,7,8). The van der Waals surface area contributed by atoms with E-state index in [1.165, 1.54) is 0 Å². The van der Waals surface area contributed by atoms with Gasteiger partial charge in [-0.05, 0) is 0 Å². The van der Waals surface area contributed by atoms with E-state index >= 15 is 0 Å². The van der Waals surface area contributed by atoms with Crippen LogP contribution in [0.25, 0.3) is 0 Å². The molecule has 0 saturated heterocycles. The third-order valence-electron chi connectivity index (χ3n) is 0.805. The minimum Gasteiger partial charge on any atom is -0.379 e. The highest BCUT2D eigenvalue weighted by atomic mass is 32.2. The molecule has 2 unspecified atom stereocenters. The van der Waals surface area contributed by atoms with Gasteiger partial charge in [0, 0.05) is 0 Å². The van der Waals surface area contributed by atoms with Gasteiger partial charge in [-0.2, -0.15) is 0 Å². The smallest absolute Gasteiger partial charge is 0.155 e. The summed E-state index contributed by atoms with van der Waals surface area (Å²) in [6.45, 7) is 0.278. The number of ether oxygens (including phenoxy) is 1. The van der Waals surface area contributed by atoms with Crippen LogP contribution >= 0.6 is 0 Å². The van der Waals surface area contributed by atoms with Crippen molar-refractivity contribution in [3.05, 3.63) is 0 Å². The van der Waals surface area contributed by atoms with Crippen LogP contribution in [-0.2, 0) is 26.9 Å². The van der Waals surface area contributed by atoms with Crippen LogP contribution in [0.1, 0.15) is 0 Å². The van der Waals surface area contributed by atoms with E-state index in [2.05, 4.69) is 0 Å². The van der Waals surface area contributed by atoms with Crippen molar-refractivity contribution in [3.63, 3.8) is 0 Å². The molecule has 0 spiro atoms. The first-order chi connectivity index (χ1) is 5.13. The van der Waals surface area contributed by atoms with Gasteiger partial charge < -0.3 is 13.8 Å². The molecule has 5 nitrogen and oxygen atoms in total. The normalized spacial score (nSPS) is 16.2. The fourth-order valence-electron chi connectivity index (χ4n) is 0.362. The fourth-order valence-corrected chi connectivity index (χ4v) is 0.883. The van der Waals surface area contributed by atoms with Gasteiger partial charge in [-0.3, -0.25) is 0 Å². The minimum absolute atomic E-state index is 0.0397. The molecule has 0 fully saturated rings. The number of hydrogen-bond acceptors (Lipinski definition) is 3. The summed E-state index contributed by atoms with van der Waals surface area (Å²) in [6, 6.07) is 0. The molecule has 0 radical (unpaired) electrons. The second-order valence-corrected chi connectivity index (χ2v) is 3.77. The molecule has 0 amide bonds. The van der Waals surface area contributed by atoms with E-state index in [-0.39, 0.29) is 24.7 Å². The summed E-state index contributed by atoms with van der Waals surface area (Å²) in [5, 5.41) is 0. The average molecular weight is 202 g/mol. The second kappa shape index (κ2) is 6.86. The first kappa shape index (κ1) is 11.2. The molecule has 7 heteroatoms. The van der Waals surface area contributed by atoms with Crippen molar-refractivity contribution in [1.82, 2.24) is 0 Å². The van der Waals surface area contributed by atoms with E-state index in [1.807, 2.05) is 0 Å². The van der Waals surface area contributed by atoms with Gasteiger partial charge >= 0.3 is 0 Å². The zero-order valence-electron chi connectivity index (χ0n) is 5.76. The predicted molar refractivity (Wildman–Crippen MR) is 42.1 cm³/mol. The zero-order chi connectivity index (χ0) is 8.69. The van der Waals surface area contributed by atoms with E-state index in [0.717, 1.165) is 0 Å². The Labute approximate surface area is 69.7 Å². The maximum atomic E-state index is 10.0. The Bertz CT molecular complexity index is 131. The highest BCUT2D eigenvalue weighted by molar-refractivity contribution is 7.79. The Hall–Kier alpha value is 0.180. The van der Waals surface area contributed by atoms with E-state index in [1.54, 1.807) is 0 Å². The van der Waals surface area contributed by atoms with Gasteiger partial charge in [0.15, 0.2) is 22.2 Å².